The Morgan fingerprint density at radius 3 is 2.71 bits per heavy atom. The van der Waals surface area contributed by atoms with E-state index in [0.717, 1.165) is 17.0 Å². The van der Waals surface area contributed by atoms with Crippen molar-refractivity contribution < 1.29 is 9.90 Å². The number of nitrogens with one attached hydrogen (secondary N) is 1. The van der Waals surface area contributed by atoms with Crippen molar-refractivity contribution in [1.82, 2.24) is 9.78 Å². The number of rotatable bonds is 4. The van der Waals surface area contributed by atoms with E-state index in [-0.39, 0.29) is 12.5 Å². The van der Waals surface area contributed by atoms with Crippen LogP contribution in [-0.4, -0.2) is 20.8 Å². The molecule has 2 rings (SSSR count). The zero-order chi connectivity index (χ0) is 15.4. The number of anilines is 1. The van der Waals surface area contributed by atoms with Gasteiger partial charge in [0.1, 0.15) is 0 Å². The number of nitrogens with zero attached hydrogens (tertiary/aromatic N) is 2. The van der Waals surface area contributed by atoms with Gasteiger partial charge in [-0.05, 0) is 26.0 Å². The molecule has 1 heterocycles. The van der Waals surface area contributed by atoms with Gasteiger partial charge in [-0.3, -0.25) is 9.48 Å². The molecule has 0 radical (unpaired) electrons. The average Bonchev–Trinajstić information content (AvgIpc) is 2.71. The quantitative estimate of drug-likeness (QED) is 0.846. The summed E-state index contributed by atoms with van der Waals surface area (Å²) in [5.74, 6) is -0.237. The van der Waals surface area contributed by atoms with Crippen molar-refractivity contribution >= 4 is 17.7 Å². The molecule has 0 aliphatic carbocycles. The molecule has 0 unspecified atom stereocenters. The number of carbonyl (C=O) groups excluding carboxylic acids is 1. The molecule has 2 N–H and O–H groups in total. The first-order chi connectivity index (χ1) is 10.0. The molecule has 21 heavy (non-hydrogen) atoms. The monoisotopic (exact) mass is 285 g/mol. The Hall–Kier alpha value is -2.40. The van der Waals surface area contributed by atoms with E-state index in [9.17, 15) is 9.90 Å². The van der Waals surface area contributed by atoms with E-state index in [4.69, 9.17) is 0 Å². The minimum absolute atomic E-state index is 0.110. The third-order valence-corrected chi connectivity index (χ3v) is 3.41. The fourth-order valence-electron chi connectivity index (χ4n) is 2.14. The maximum absolute atomic E-state index is 12.0. The fraction of sp³-hybridized carbons (Fsp3) is 0.250. The zero-order valence-electron chi connectivity index (χ0n) is 12.4. The molecule has 5 heteroatoms. The highest BCUT2D eigenvalue weighted by molar-refractivity contribution is 6.02. The molecule has 0 fully saturated rings. The standard InChI is InChI=1S/C16H19N3O2/c1-11-14(12(2)19(3)18-11)8-9-16(21)17-15-7-5-4-6-13(15)10-20/h4-9,20H,10H2,1-3H3,(H,17,21). The molecule has 110 valence electrons. The highest BCUT2D eigenvalue weighted by atomic mass is 16.3. The van der Waals surface area contributed by atoms with Gasteiger partial charge in [0, 0.05) is 35.6 Å². The predicted octanol–water partition coefficient (Wildman–Crippen LogP) is 2.18. The number of aliphatic hydroxyl groups is 1. The molecule has 0 aliphatic rings. The first-order valence-corrected chi connectivity index (χ1v) is 6.71. The number of hydrogen-bond acceptors (Lipinski definition) is 3. The van der Waals surface area contributed by atoms with E-state index < -0.39 is 0 Å². The van der Waals surface area contributed by atoms with Crippen LogP contribution in [0.3, 0.4) is 0 Å². The molecule has 0 aliphatic heterocycles. The number of aromatic nitrogens is 2. The summed E-state index contributed by atoms with van der Waals surface area (Å²) in [5, 5.41) is 16.3. The third-order valence-electron chi connectivity index (χ3n) is 3.41. The van der Waals surface area contributed by atoms with Crippen LogP contribution < -0.4 is 5.32 Å². The first-order valence-electron chi connectivity index (χ1n) is 6.71. The maximum Gasteiger partial charge on any atom is 0.248 e. The van der Waals surface area contributed by atoms with Crippen LogP contribution >= 0.6 is 0 Å². The van der Waals surface area contributed by atoms with E-state index in [1.807, 2.05) is 33.0 Å². The number of benzene rings is 1. The second-order valence-corrected chi connectivity index (χ2v) is 4.85. The number of aryl methyl sites for hydroxylation is 2. The lowest BCUT2D eigenvalue weighted by molar-refractivity contribution is -0.111. The molecule has 1 aromatic heterocycles. The smallest absolute Gasteiger partial charge is 0.248 e. The Morgan fingerprint density at radius 1 is 1.38 bits per heavy atom. The Labute approximate surface area is 123 Å². The van der Waals surface area contributed by atoms with Crippen LogP contribution in [0, 0.1) is 13.8 Å². The predicted molar refractivity (Wildman–Crippen MR) is 82.7 cm³/mol. The molecule has 0 atom stereocenters. The van der Waals surface area contributed by atoms with Gasteiger partial charge in [-0.25, -0.2) is 0 Å². The molecule has 0 spiro atoms. The maximum atomic E-state index is 12.0. The molecular weight excluding hydrogens is 266 g/mol. The summed E-state index contributed by atoms with van der Waals surface area (Å²) in [4.78, 5) is 12.0. The molecule has 1 amide bonds. The van der Waals surface area contributed by atoms with Gasteiger partial charge in [-0.2, -0.15) is 5.10 Å². The van der Waals surface area contributed by atoms with Crippen LogP contribution in [0.4, 0.5) is 5.69 Å². The fourth-order valence-corrected chi connectivity index (χ4v) is 2.14. The second kappa shape index (κ2) is 6.37. The number of carbonyl (C=O) groups is 1. The van der Waals surface area contributed by atoms with Crippen LogP contribution in [0.15, 0.2) is 30.3 Å². The Morgan fingerprint density at radius 2 is 2.10 bits per heavy atom. The first kappa shape index (κ1) is 15.0. The second-order valence-electron chi connectivity index (χ2n) is 4.85. The summed E-state index contributed by atoms with van der Waals surface area (Å²) in [5.41, 5.74) is 4.15. The topological polar surface area (TPSA) is 67.2 Å². The Balaban J connectivity index is 2.13. The van der Waals surface area contributed by atoms with Gasteiger partial charge in [0.15, 0.2) is 0 Å². The molecule has 0 saturated heterocycles. The van der Waals surface area contributed by atoms with E-state index in [1.54, 1.807) is 22.9 Å². The Bertz CT molecular complexity index is 687. The van der Waals surface area contributed by atoms with Crippen LogP contribution in [0.5, 0.6) is 0 Å². The van der Waals surface area contributed by atoms with E-state index in [2.05, 4.69) is 10.4 Å². The van der Waals surface area contributed by atoms with Crippen LogP contribution in [0.2, 0.25) is 0 Å². The van der Waals surface area contributed by atoms with Gasteiger partial charge >= 0.3 is 0 Å². The molecule has 1 aromatic carbocycles. The minimum Gasteiger partial charge on any atom is -0.392 e. The largest absolute Gasteiger partial charge is 0.392 e. The lowest BCUT2D eigenvalue weighted by Gasteiger charge is -2.06. The summed E-state index contributed by atoms with van der Waals surface area (Å²) in [7, 11) is 1.87. The van der Waals surface area contributed by atoms with E-state index in [0.29, 0.717) is 11.3 Å². The summed E-state index contributed by atoms with van der Waals surface area (Å²) < 4.78 is 1.79. The highest BCUT2D eigenvalue weighted by Gasteiger charge is 2.07. The van der Waals surface area contributed by atoms with Crippen molar-refractivity contribution in [2.75, 3.05) is 5.32 Å². The summed E-state index contributed by atoms with van der Waals surface area (Å²) in [6.07, 6.45) is 3.24. The van der Waals surface area contributed by atoms with Crippen molar-refractivity contribution in [1.29, 1.82) is 0 Å². The molecule has 0 saturated carbocycles. The zero-order valence-corrected chi connectivity index (χ0v) is 12.4. The normalized spacial score (nSPS) is 11.0. The van der Waals surface area contributed by atoms with Gasteiger partial charge in [-0.1, -0.05) is 18.2 Å². The minimum atomic E-state index is -0.237. The number of amides is 1. The highest BCUT2D eigenvalue weighted by Crippen LogP contribution is 2.16. The van der Waals surface area contributed by atoms with E-state index in [1.165, 1.54) is 6.08 Å². The lowest BCUT2D eigenvalue weighted by atomic mass is 10.1. The third kappa shape index (κ3) is 3.38. The van der Waals surface area contributed by atoms with Crippen molar-refractivity contribution in [3.8, 4) is 0 Å². The molecule has 5 nitrogen and oxygen atoms in total. The number of para-hydroxylation sites is 1. The van der Waals surface area contributed by atoms with Crippen molar-refractivity contribution in [2.24, 2.45) is 7.05 Å². The van der Waals surface area contributed by atoms with Gasteiger partial charge in [0.25, 0.3) is 0 Å². The van der Waals surface area contributed by atoms with Crippen LogP contribution in [0.25, 0.3) is 6.08 Å². The Kier molecular flexibility index (Phi) is 4.55. The van der Waals surface area contributed by atoms with Crippen LogP contribution in [-0.2, 0) is 18.4 Å². The average molecular weight is 285 g/mol. The van der Waals surface area contributed by atoms with Crippen molar-refractivity contribution in [3.63, 3.8) is 0 Å². The number of aliphatic hydroxyl groups excluding tert-OH is 1. The molecular formula is C16H19N3O2. The lowest BCUT2D eigenvalue weighted by Crippen LogP contribution is -2.09. The number of hydrogen-bond donors (Lipinski definition) is 2. The van der Waals surface area contributed by atoms with E-state index >= 15 is 0 Å². The molecule has 2 aromatic rings. The van der Waals surface area contributed by atoms with Crippen molar-refractivity contribution in [3.05, 3.63) is 52.9 Å². The van der Waals surface area contributed by atoms with Crippen LogP contribution in [0.1, 0.15) is 22.5 Å². The summed E-state index contributed by atoms with van der Waals surface area (Å²) >= 11 is 0. The SMILES string of the molecule is Cc1nn(C)c(C)c1C=CC(=O)Nc1ccccc1CO. The van der Waals surface area contributed by atoms with Crippen molar-refractivity contribution in [2.45, 2.75) is 20.5 Å². The van der Waals surface area contributed by atoms with Gasteiger partial charge in [0.2, 0.25) is 5.91 Å². The van der Waals surface area contributed by atoms with Gasteiger partial charge in [-0.15, -0.1) is 0 Å². The summed E-state index contributed by atoms with van der Waals surface area (Å²) in [6, 6.07) is 7.17. The molecule has 0 bridgehead atoms. The van der Waals surface area contributed by atoms with Gasteiger partial charge < -0.3 is 10.4 Å². The summed E-state index contributed by atoms with van der Waals surface area (Å²) in [6.45, 7) is 3.76. The van der Waals surface area contributed by atoms with Gasteiger partial charge in [0.05, 0.1) is 12.3 Å².